The Morgan fingerprint density at radius 3 is 2.55 bits per heavy atom. The summed E-state index contributed by atoms with van der Waals surface area (Å²) in [4.78, 5) is 42.6. The minimum atomic E-state index is -0.547. The number of aromatic amines is 1. The zero-order valence-corrected chi connectivity index (χ0v) is 17.8. The van der Waals surface area contributed by atoms with Gasteiger partial charge in [0.1, 0.15) is 5.25 Å². The first kappa shape index (κ1) is 18.7. The summed E-state index contributed by atoms with van der Waals surface area (Å²) in [5.74, 6) is -1.43. The quantitative estimate of drug-likeness (QED) is 0.472. The first-order valence-electron chi connectivity index (χ1n) is 9.96. The predicted molar refractivity (Wildman–Crippen MR) is 121 cm³/mol. The average Bonchev–Trinajstić information content (AvgIpc) is 3.42. The van der Waals surface area contributed by atoms with Crippen molar-refractivity contribution in [1.29, 1.82) is 0 Å². The van der Waals surface area contributed by atoms with Gasteiger partial charge in [0.25, 0.3) is 0 Å². The van der Waals surface area contributed by atoms with Crippen molar-refractivity contribution in [1.82, 2.24) is 14.9 Å². The number of carbonyl (C=O) groups excluding carboxylic acids is 2. The standard InChI is InChI=1S/C23H17N3O3S2/c27-20-17-16(14-10-24-15-9-5-4-8-13(14)15)19-22(30-18(17)21(28)25-20)26(23(29)31-19)11-12-6-2-1-3-7-12/h1-10,16-18,24H,11H2,(H,25,27,28)/t16-,17-,18+/m0/s1. The van der Waals surface area contributed by atoms with Gasteiger partial charge in [-0.15, -0.1) is 0 Å². The largest absolute Gasteiger partial charge is 0.361 e. The van der Waals surface area contributed by atoms with Crippen LogP contribution in [0.1, 0.15) is 21.9 Å². The number of nitrogens with zero attached hydrogens (tertiary/aromatic N) is 1. The minimum absolute atomic E-state index is 0.0703. The number of H-pyrrole nitrogens is 1. The number of thioether (sulfide) groups is 1. The van der Waals surface area contributed by atoms with E-state index >= 15 is 0 Å². The van der Waals surface area contributed by atoms with Crippen molar-refractivity contribution in [3.63, 3.8) is 0 Å². The lowest BCUT2D eigenvalue weighted by Gasteiger charge is -2.30. The van der Waals surface area contributed by atoms with Gasteiger partial charge in [-0.2, -0.15) is 0 Å². The Labute approximate surface area is 185 Å². The van der Waals surface area contributed by atoms with Gasteiger partial charge in [-0.05, 0) is 17.2 Å². The molecule has 1 saturated heterocycles. The van der Waals surface area contributed by atoms with E-state index in [1.807, 2.05) is 60.8 Å². The van der Waals surface area contributed by atoms with Gasteiger partial charge in [0.15, 0.2) is 0 Å². The molecule has 2 amide bonds. The van der Waals surface area contributed by atoms with Crippen LogP contribution < -0.4 is 10.2 Å². The maximum absolute atomic E-state index is 13.0. The van der Waals surface area contributed by atoms with E-state index in [-0.39, 0.29) is 22.6 Å². The molecule has 6 nitrogen and oxygen atoms in total. The molecule has 4 heterocycles. The molecule has 6 rings (SSSR count). The van der Waals surface area contributed by atoms with E-state index in [9.17, 15) is 14.4 Å². The first-order valence-corrected chi connectivity index (χ1v) is 11.7. The lowest BCUT2D eigenvalue weighted by molar-refractivity contribution is -0.125. The molecule has 3 atom stereocenters. The van der Waals surface area contributed by atoms with E-state index < -0.39 is 11.2 Å². The lowest BCUT2D eigenvalue weighted by atomic mass is 9.83. The molecule has 0 radical (unpaired) electrons. The van der Waals surface area contributed by atoms with Crippen molar-refractivity contribution in [3.8, 4) is 0 Å². The second kappa shape index (κ2) is 6.96. The lowest BCUT2D eigenvalue weighted by Crippen LogP contribution is -2.32. The highest BCUT2D eigenvalue weighted by molar-refractivity contribution is 8.00. The van der Waals surface area contributed by atoms with Crippen LogP contribution in [0, 0.1) is 5.92 Å². The number of para-hydroxylation sites is 1. The van der Waals surface area contributed by atoms with Gasteiger partial charge in [-0.25, -0.2) is 0 Å². The average molecular weight is 448 g/mol. The van der Waals surface area contributed by atoms with Gasteiger partial charge in [0.05, 0.1) is 17.5 Å². The molecular formula is C23H17N3O3S2. The molecule has 2 aliphatic heterocycles. The molecule has 0 bridgehead atoms. The summed E-state index contributed by atoms with van der Waals surface area (Å²) in [6.45, 7) is 0.437. The maximum atomic E-state index is 13.0. The molecule has 2 aromatic heterocycles. The van der Waals surface area contributed by atoms with Crippen LogP contribution >= 0.6 is 23.1 Å². The molecule has 0 aliphatic carbocycles. The summed E-state index contributed by atoms with van der Waals surface area (Å²) in [6.07, 6.45) is 1.91. The normalized spacial score (nSPS) is 22.4. The number of fused-ring (bicyclic) bond motifs is 3. The van der Waals surface area contributed by atoms with Crippen molar-refractivity contribution in [2.45, 2.75) is 22.7 Å². The number of benzene rings is 2. The van der Waals surface area contributed by atoms with E-state index in [4.69, 9.17) is 0 Å². The third-order valence-electron chi connectivity index (χ3n) is 6.03. The van der Waals surface area contributed by atoms with Crippen molar-refractivity contribution < 1.29 is 9.59 Å². The summed E-state index contributed by atoms with van der Waals surface area (Å²) >= 11 is 2.53. The van der Waals surface area contributed by atoms with Gasteiger partial charge in [-0.1, -0.05) is 71.6 Å². The fourth-order valence-corrected chi connectivity index (χ4v) is 7.36. The highest BCUT2D eigenvalue weighted by Gasteiger charge is 2.53. The smallest absolute Gasteiger partial charge is 0.308 e. The van der Waals surface area contributed by atoms with E-state index in [0.29, 0.717) is 6.54 Å². The van der Waals surface area contributed by atoms with Gasteiger partial charge >= 0.3 is 4.87 Å². The van der Waals surface area contributed by atoms with Crippen LogP contribution in [0.15, 0.2) is 70.6 Å². The van der Waals surface area contributed by atoms with Gasteiger partial charge in [0, 0.05) is 27.9 Å². The molecular weight excluding hydrogens is 430 g/mol. The van der Waals surface area contributed by atoms with Gasteiger partial charge < -0.3 is 4.98 Å². The van der Waals surface area contributed by atoms with Crippen molar-refractivity contribution >= 4 is 45.8 Å². The van der Waals surface area contributed by atoms with E-state index in [1.165, 1.54) is 23.1 Å². The molecule has 0 saturated carbocycles. The Kier molecular flexibility index (Phi) is 4.19. The summed E-state index contributed by atoms with van der Waals surface area (Å²) in [5.41, 5.74) is 2.93. The number of rotatable bonds is 3. The van der Waals surface area contributed by atoms with Crippen molar-refractivity contribution in [2.24, 2.45) is 5.92 Å². The molecule has 2 N–H and O–H groups in total. The number of amides is 2. The zero-order chi connectivity index (χ0) is 21.1. The Balaban J connectivity index is 1.56. The molecule has 1 fully saturated rings. The third kappa shape index (κ3) is 2.82. The fraction of sp³-hybridized carbons (Fsp3) is 0.174. The third-order valence-corrected chi connectivity index (χ3v) is 8.64. The Morgan fingerprint density at radius 1 is 0.935 bits per heavy atom. The van der Waals surface area contributed by atoms with Crippen LogP contribution in [0.5, 0.6) is 0 Å². The molecule has 8 heteroatoms. The van der Waals surface area contributed by atoms with Crippen LogP contribution in [0.4, 0.5) is 0 Å². The molecule has 0 spiro atoms. The summed E-state index contributed by atoms with van der Waals surface area (Å²) in [6, 6.07) is 17.7. The van der Waals surface area contributed by atoms with Crippen LogP contribution in [0.2, 0.25) is 0 Å². The van der Waals surface area contributed by atoms with E-state index in [0.717, 1.165) is 31.9 Å². The molecule has 0 unspecified atom stereocenters. The topological polar surface area (TPSA) is 84.0 Å². The van der Waals surface area contributed by atoms with Gasteiger partial charge in [0.2, 0.25) is 11.8 Å². The molecule has 2 aromatic carbocycles. The molecule has 31 heavy (non-hydrogen) atoms. The number of thiazole rings is 1. The predicted octanol–water partition coefficient (Wildman–Crippen LogP) is 3.32. The molecule has 2 aliphatic rings. The van der Waals surface area contributed by atoms with Crippen LogP contribution in [-0.4, -0.2) is 26.6 Å². The zero-order valence-electron chi connectivity index (χ0n) is 16.2. The second-order valence-electron chi connectivity index (χ2n) is 7.79. The number of aromatic nitrogens is 2. The molecule has 154 valence electrons. The fourth-order valence-electron chi connectivity index (χ4n) is 4.63. The summed E-state index contributed by atoms with van der Waals surface area (Å²) in [7, 11) is 0. The van der Waals surface area contributed by atoms with Crippen LogP contribution in [0.3, 0.4) is 0 Å². The van der Waals surface area contributed by atoms with Crippen molar-refractivity contribution in [2.75, 3.05) is 0 Å². The van der Waals surface area contributed by atoms with Crippen molar-refractivity contribution in [3.05, 3.63) is 86.5 Å². The summed E-state index contributed by atoms with van der Waals surface area (Å²) in [5, 5.41) is 3.77. The number of hydrogen-bond donors (Lipinski definition) is 2. The number of nitrogens with one attached hydrogen (secondary N) is 2. The SMILES string of the molecule is O=C1NC(=O)[C@@H]2Sc3c(sc(=O)n3Cc3ccccc3)[C@@H](c3c[nH]c4ccccc34)[C@H]12. The highest BCUT2D eigenvalue weighted by Crippen LogP contribution is 2.52. The van der Waals surface area contributed by atoms with Crippen LogP contribution in [-0.2, 0) is 16.1 Å². The highest BCUT2D eigenvalue weighted by atomic mass is 32.2. The molecule has 4 aromatic rings. The Bertz CT molecular complexity index is 1400. The van der Waals surface area contributed by atoms with Gasteiger partial charge in [-0.3, -0.25) is 24.3 Å². The minimum Gasteiger partial charge on any atom is -0.361 e. The Morgan fingerprint density at radius 2 is 1.71 bits per heavy atom. The number of imide groups is 1. The van der Waals surface area contributed by atoms with E-state index in [2.05, 4.69) is 10.3 Å². The number of carbonyl (C=O) groups is 2. The van der Waals surface area contributed by atoms with E-state index in [1.54, 1.807) is 4.57 Å². The summed E-state index contributed by atoms with van der Waals surface area (Å²) < 4.78 is 1.74. The van der Waals surface area contributed by atoms with Crippen LogP contribution in [0.25, 0.3) is 10.9 Å². The monoisotopic (exact) mass is 447 g/mol. The Hall–Kier alpha value is -3.10. The second-order valence-corrected chi connectivity index (χ2v) is 9.92. The maximum Gasteiger partial charge on any atom is 0.308 e. The first-order chi connectivity index (χ1) is 15.1. The number of hydrogen-bond acceptors (Lipinski definition) is 5.